The van der Waals surface area contributed by atoms with Crippen molar-refractivity contribution < 1.29 is 43.7 Å². The van der Waals surface area contributed by atoms with Crippen LogP contribution >= 0.6 is 0 Å². The van der Waals surface area contributed by atoms with E-state index in [9.17, 15) is 43.7 Å². The minimum Gasteiger partial charge on any atom is -0.237 e. The highest BCUT2D eigenvalue weighted by Gasteiger charge is 2.84. The number of rotatable bonds is 4. The lowest BCUT2D eigenvalue weighted by Gasteiger charge is -2.34. The highest BCUT2D eigenvalue weighted by atomic mass is 32.2. The zero-order valence-electron chi connectivity index (χ0n) is 14.4. The lowest BCUT2D eigenvalue weighted by atomic mass is 10.1. The molecule has 0 saturated heterocycles. The van der Waals surface area contributed by atoms with Crippen molar-refractivity contribution in [3.8, 4) is 12.0 Å². The maximum absolute atomic E-state index is 14.5. The third kappa shape index (κ3) is 3.86. The zero-order chi connectivity index (χ0) is 22.8. The van der Waals surface area contributed by atoms with Gasteiger partial charge in [-0.25, -0.2) is 4.21 Å². The van der Waals surface area contributed by atoms with E-state index in [1.807, 2.05) is 0 Å². The number of halogens is 9. The normalized spacial score (nSPS) is 15.0. The van der Waals surface area contributed by atoms with Crippen LogP contribution in [0.2, 0.25) is 0 Å². The summed E-state index contributed by atoms with van der Waals surface area (Å²) in [6.07, 6.45) is -7.05. The Bertz CT molecular complexity index is 1060. The minimum atomic E-state index is -7.21. The van der Waals surface area contributed by atoms with Crippen LogP contribution in [0.5, 0.6) is 0 Å². The fraction of sp³-hybridized carbons (Fsp3) is 0.222. The van der Waals surface area contributed by atoms with Crippen molar-refractivity contribution in [2.24, 2.45) is 4.36 Å². The minimum absolute atomic E-state index is 0.103. The third-order valence-corrected chi connectivity index (χ3v) is 5.89. The molecule has 2 nitrogen and oxygen atoms in total. The summed E-state index contributed by atoms with van der Waals surface area (Å²) in [5.41, 5.74) is 0.103. The summed E-state index contributed by atoms with van der Waals surface area (Å²) in [4.78, 5) is -1.20. The quantitative estimate of drug-likeness (QED) is 0.411. The molecule has 2 aromatic rings. The van der Waals surface area contributed by atoms with Gasteiger partial charge >= 0.3 is 23.3 Å². The van der Waals surface area contributed by atoms with E-state index in [0.29, 0.717) is 12.1 Å². The van der Waals surface area contributed by atoms with E-state index < -0.39 is 37.9 Å². The van der Waals surface area contributed by atoms with Gasteiger partial charge in [-0.05, 0) is 30.2 Å². The molecule has 2 rings (SSSR count). The molecule has 0 spiro atoms. The fourth-order valence-corrected chi connectivity index (χ4v) is 3.76. The van der Waals surface area contributed by atoms with Crippen LogP contribution in [-0.2, 0) is 9.73 Å². The lowest BCUT2D eigenvalue weighted by molar-refractivity contribution is -0.381. The first-order valence-corrected chi connectivity index (χ1v) is 9.27. The molecule has 0 aliphatic rings. The molecule has 0 aromatic heterocycles. The molecule has 30 heavy (non-hydrogen) atoms. The van der Waals surface area contributed by atoms with Gasteiger partial charge in [0, 0.05) is 5.56 Å². The molecule has 0 heterocycles. The molecule has 0 amide bonds. The van der Waals surface area contributed by atoms with Gasteiger partial charge in [0.05, 0.1) is 10.9 Å². The summed E-state index contributed by atoms with van der Waals surface area (Å²) >= 11 is 0. The van der Waals surface area contributed by atoms with Gasteiger partial charge in [-0.2, -0.15) is 39.5 Å². The Morgan fingerprint density at radius 2 is 1.17 bits per heavy atom. The van der Waals surface area contributed by atoms with Crippen LogP contribution in [0, 0.1) is 12.0 Å². The molecule has 0 aliphatic heterocycles. The number of hydrogen-bond donors (Lipinski definition) is 0. The monoisotopic (exact) mass is 459 g/mol. The van der Waals surface area contributed by atoms with E-state index in [2.05, 4.69) is 10.3 Å². The van der Waals surface area contributed by atoms with Crippen molar-refractivity contribution in [1.29, 1.82) is 0 Å². The smallest absolute Gasteiger partial charge is 0.237 e. The fourth-order valence-electron chi connectivity index (χ4n) is 2.07. The van der Waals surface area contributed by atoms with E-state index in [1.165, 1.54) is 30.3 Å². The van der Waals surface area contributed by atoms with Crippen LogP contribution in [0.4, 0.5) is 39.5 Å². The van der Waals surface area contributed by atoms with Crippen molar-refractivity contribution >= 4 is 9.73 Å². The summed E-state index contributed by atoms with van der Waals surface area (Å²) in [5.74, 6) is -12.2. The Kier molecular flexibility index (Phi) is 6.19. The molecule has 0 radical (unpaired) electrons. The molecule has 1 atom stereocenters. The Morgan fingerprint density at radius 3 is 1.63 bits per heavy atom. The van der Waals surface area contributed by atoms with Gasteiger partial charge in [0.1, 0.15) is 0 Å². The summed E-state index contributed by atoms with van der Waals surface area (Å²) in [6.45, 7) is 0. The largest absolute Gasteiger partial charge is 0.460 e. The molecule has 0 fully saturated rings. The second-order valence-electron chi connectivity index (χ2n) is 5.70. The van der Waals surface area contributed by atoms with Crippen LogP contribution in [0.3, 0.4) is 0 Å². The second-order valence-corrected chi connectivity index (χ2v) is 7.91. The Hall–Kier alpha value is -2.68. The van der Waals surface area contributed by atoms with E-state index in [4.69, 9.17) is 0 Å². The Morgan fingerprint density at radius 1 is 0.700 bits per heavy atom. The molecular weight excluding hydrogens is 449 g/mol. The van der Waals surface area contributed by atoms with Crippen molar-refractivity contribution in [1.82, 2.24) is 0 Å². The SMILES string of the molecule is O=S(=NC#Cc1ccccc1)(c1ccccc1)C(F)(F)C(F)(F)C(F)(F)C(F)(F)F. The van der Waals surface area contributed by atoms with Crippen molar-refractivity contribution in [2.45, 2.75) is 28.2 Å². The summed E-state index contributed by atoms with van der Waals surface area (Å²) in [6, 6.07) is 12.9. The standard InChI is InChI=1S/C18H10F9NOS/c19-15(20,17(23,24)25)16(21,22)18(26,27)30(29,14-9-5-2-6-10-14)28-12-11-13-7-3-1-4-8-13/h1-10H. The molecule has 0 aliphatic carbocycles. The molecule has 0 saturated carbocycles. The molecule has 1 unspecified atom stereocenters. The lowest BCUT2D eigenvalue weighted by Crippen LogP contribution is -2.63. The Balaban J connectivity index is 2.76. The van der Waals surface area contributed by atoms with Gasteiger partial charge in [0.25, 0.3) is 0 Å². The highest BCUT2D eigenvalue weighted by Crippen LogP contribution is 2.56. The maximum atomic E-state index is 14.5. The van der Waals surface area contributed by atoms with Crippen molar-refractivity contribution in [2.75, 3.05) is 0 Å². The van der Waals surface area contributed by atoms with Gasteiger partial charge in [-0.15, -0.1) is 4.36 Å². The predicted molar refractivity (Wildman–Crippen MR) is 89.5 cm³/mol. The summed E-state index contributed by atoms with van der Waals surface area (Å²) < 4.78 is 136. The molecule has 0 bridgehead atoms. The van der Waals surface area contributed by atoms with Crippen LogP contribution in [0.15, 0.2) is 69.9 Å². The van der Waals surface area contributed by atoms with Crippen LogP contribution in [0.25, 0.3) is 0 Å². The molecule has 2 aromatic carbocycles. The van der Waals surface area contributed by atoms with Crippen LogP contribution in [-0.4, -0.2) is 27.5 Å². The number of hydrogen-bond acceptors (Lipinski definition) is 2. The molecule has 12 heteroatoms. The number of benzene rings is 2. The first kappa shape index (κ1) is 23.6. The Labute approximate surface area is 164 Å². The number of nitrogens with zero attached hydrogens (tertiary/aromatic N) is 1. The summed E-state index contributed by atoms with van der Waals surface area (Å²) in [5, 5.41) is -6.45. The topological polar surface area (TPSA) is 29.4 Å². The summed E-state index contributed by atoms with van der Waals surface area (Å²) in [7, 11) is -5.93. The maximum Gasteiger partial charge on any atom is 0.460 e. The van der Waals surface area contributed by atoms with Gasteiger partial charge in [-0.3, -0.25) is 0 Å². The van der Waals surface area contributed by atoms with E-state index in [1.54, 1.807) is 12.1 Å². The zero-order valence-corrected chi connectivity index (χ0v) is 15.3. The van der Waals surface area contributed by atoms with Gasteiger partial charge < -0.3 is 0 Å². The average Bonchev–Trinajstić information content (AvgIpc) is 2.68. The first-order chi connectivity index (χ1) is 13.7. The molecule has 0 N–H and O–H groups in total. The average molecular weight is 459 g/mol. The predicted octanol–water partition coefficient (Wildman–Crippen LogP) is 5.95. The number of alkyl halides is 9. The highest BCUT2D eigenvalue weighted by molar-refractivity contribution is 7.94. The van der Waals surface area contributed by atoms with Crippen molar-refractivity contribution in [3.63, 3.8) is 0 Å². The van der Waals surface area contributed by atoms with E-state index in [-0.39, 0.29) is 5.56 Å². The first-order valence-electron chi connectivity index (χ1n) is 7.75. The molecule has 162 valence electrons. The van der Waals surface area contributed by atoms with Crippen molar-refractivity contribution in [3.05, 3.63) is 66.2 Å². The van der Waals surface area contributed by atoms with Gasteiger partial charge in [-0.1, -0.05) is 36.4 Å². The van der Waals surface area contributed by atoms with Crippen LogP contribution < -0.4 is 0 Å². The van der Waals surface area contributed by atoms with E-state index >= 15 is 0 Å². The second kappa shape index (κ2) is 7.86. The van der Waals surface area contributed by atoms with E-state index in [0.717, 1.165) is 12.1 Å². The van der Waals surface area contributed by atoms with Crippen LogP contribution in [0.1, 0.15) is 5.56 Å². The van der Waals surface area contributed by atoms with Gasteiger partial charge in [0.2, 0.25) is 0 Å². The molecular formula is C18H10F9NOS. The van der Waals surface area contributed by atoms with Gasteiger partial charge in [0.15, 0.2) is 9.73 Å². The third-order valence-electron chi connectivity index (χ3n) is 3.67.